The number of benzene rings is 2. The van der Waals surface area contributed by atoms with Crippen LogP contribution in [0.4, 0.5) is 17.1 Å². The Morgan fingerprint density at radius 3 is 2.50 bits per heavy atom. The number of carbonyl (C=O) groups excluding carboxylic acids is 2. The minimum Gasteiger partial charge on any atom is -0.326 e. The highest BCUT2D eigenvalue weighted by Crippen LogP contribution is 2.30. The topological polar surface area (TPSA) is 101 Å². The molecule has 124 valence electrons. The van der Waals surface area contributed by atoms with E-state index in [1.54, 1.807) is 25.1 Å². The van der Waals surface area contributed by atoms with Crippen LogP contribution in [-0.2, 0) is 4.79 Å². The SMILES string of the molecule is CC(=O)Nc1cccc(C(=O)Nc2cc([N+](=O)[O-])c(Cl)cc2C)c1. The van der Waals surface area contributed by atoms with E-state index >= 15 is 0 Å². The van der Waals surface area contributed by atoms with Gasteiger partial charge in [0.05, 0.1) is 10.6 Å². The maximum atomic E-state index is 12.3. The molecule has 0 saturated carbocycles. The molecule has 2 amide bonds. The van der Waals surface area contributed by atoms with Crippen molar-refractivity contribution >= 4 is 40.5 Å². The van der Waals surface area contributed by atoms with Gasteiger partial charge in [0, 0.05) is 24.2 Å². The van der Waals surface area contributed by atoms with Crippen molar-refractivity contribution in [1.29, 1.82) is 0 Å². The molecule has 2 N–H and O–H groups in total. The van der Waals surface area contributed by atoms with Crippen LogP contribution in [0.15, 0.2) is 36.4 Å². The van der Waals surface area contributed by atoms with Gasteiger partial charge in [-0.15, -0.1) is 0 Å². The fraction of sp³-hybridized carbons (Fsp3) is 0.125. The maximum absolute atomic E-state index is 12.3. The van der Waals surface area contributed by atoms with Gasteiger partial charge in [-0.25, -0.2) is 0 Å². The number of nitrogens with one attached hydrogen (secondary N) is 2. The zero-order chi connectivity index (χ0) is 17.9. The third-order valence-corrected chi connectivity index (χ3v) is 3.49. The van der Waals surface area contributed by atoms with Gasteiger partial charge in [0.2, 0.25) is 5.91 Å². The summed E-state index contributed by atoms with van der Waals surface area (Å²) >= 11 is 5.82. The molecule has 0 unspecified atom stereocenters. The van der Waals surface area contributed by atoms with Crippen molar-refractivity contribution in [2.45, 2.75) is 13.8 Å². The number of amides is 2. The van der Waals surface area contributed by atoms with E-state index in [0.29, 0.717) is 22.5 Å². The van der Waals surface area contributed by atoms with Gasteiger partial charge in [-0.2, -0.15) is 0 Å². The Kier molecular flexibility index (Phi) is 5.15. The normalized spacial score (nSPS) is 10.1. The molecule has 0 aliphatic heterocycles. The number of halogens is 1. The Morgan fingerprint density at radius 1 is 1.17 bits per heavy atom. The summed E-state index contributed by atoms with van der Waals surface area (Å²) in [5.74, 6) is -0.710. The second-order valence-electron chi connectivity index (χ2n) is 5.09. The van der Waals surface area contributed by atoms with Crippen molar-refractivity contribution in [2.24, 2.45) is 0 Å². The van der Waals surface area contributed by atoms with Gasteiger partial charge in [-0.1, -0.05) is 17.7 Å². The lowest BCUT2D eigenvalue weighted by Crippen LogP contribution is -2.14. The van der Waals surface area contributed by atoms with E-state index in [2.05, 4.69) is 10.6 Å². The Bertz CT molecular complexity index is 836. The minimum absolute atomic E-state index is 0.00292. The first kappa shape index (κ1) is 17.4. The highest BCUT2D eigenvalue weighted by Gasteiger charge is 2.17. The number of rotatable bonds is 4. The highest BCUT2D eigenvalue weighted by atomic mass is 35.5. The van der Waals surface area contributed by atoms with Gasteiger partial charge in [-0.3, -0.25) is 19.7 Å². The Hall–Kier alpha value is -2.93. The molecule has 2 aromatic rings. The van der Waals surface area contributed by atoms with E-state index in [1.165, 1.54) is 25.1 Å². The molecule has 0 aliphatic rings. The van der Waals surface area contributed by atoms with E-state index < -0.39 is 10.8 Å². The smallest absolute Gasteiger partial charge is 0.289 e. The average molecular weight is 348 g/mol. The van der Waals surface area contributed by atoms with Gasteiger partial charge in [-0.05, 0) is 36.8 Å². The number of anilines is 2. The summed E-state index contributed by atoms with van der Waals surface area (Å²) in [5, 5.41) is 16.2. The molecule has 24 heavy (non-hydrogen) atoms. The minimum atomic E-state index is -0.616. The van der Waals surface area contributed by atoms with Crippen molar-refractivity contribution in [3.8, 4) is 0 Å². The van der Waals surface area contributed by atoms with Crippen LogP contribution < -0.4 is 10.6 Å². The lowest BCUT2D eigenvalue weighted by Gasteiger charge is -2.10. The first-order valence-electron chi connectivity index (χ1n) is 6.91. The standard InChI is InChI=1S/C16H14ClN3O4/c1-9-6-13(17)15(20(23)24)8-14(9)19-16(22)11-4-3-5-12(7-11)18-10(2)21/h3-8H,1-2H3,(H,18,21)(H,19,22). The van der Waals surface area contributed by atoms with Crippen LogP contribution in [0, 0.1) is 17.0 Å². The van der Waals surface area contributed by atoms with E-state index in [1.807, 2.05) is 0 Å². The summed E-state index contributed by atoms with van der Waals surface area (Å²) < 4.78 is 0. The highest BCUT2D eigenvalue weighted by molar-refractivity contribution is 6.32. The van der Waals surface area contributed by atoms with Gasteiger partial charge in [0.15, 0.2) is 0 Å². The average Bonchev–Trinajstić information content (AvgIpc) is 2.49. The van der Waals surface area contributed by atoms with E-state index in [-0.39, 0.29) is 16.6 Å². The lowest BCUT2D eigenvalue weighted by molar-refractivity contribution is -0.384. The number of nitrogens with zero attached hydrogens (tertiary/aromatic N) is 1. The first-order valence-corrected chi connectivity index (χ1v) is 7.29. The fourth-order valence-corrected chi connectivity index (χ4v) is 2.36. The molecule has 2 rings (SSSR count). The number of nitro groups is 1. The van der Waals surface area contributed by atoms with E-state index in [4.69, 9.17) is 11.6 Å². The number of carbonyl (C=O) groups is 2. The third-order valence-electron chi connectivity index (χ3n) is 3.18. The molecule has 0 bridgehead atoms. The number of nitro benzene ring substituents is 1. The quantitative estimate of drug-likeness (QED) is 0.649. The van der Waals surface area contributed by atoms with Crippen molar-refractivity contribution in [2.75, 3.05) is 10.6 Å². The van der Waals surface area contributed by atoms with Crippen molar-refractivity contribution < 1.29 is 14.5 Å². The molecule has 0 atom stereocenters. The lowest BCUT2D eigenvalue weighted by atomic mass is 10.1. The second-order valence-corrected chi connectivity index (χ2v) is 5.50. The van der Waals surface area contributed by atoms with Crippen LogP contribution >= 0.6 is 11.6 Å². The Balaban J connectivity index is 2.28. The number of hydrogen-bond acceptors (Lipinski definition) is 4. The van der Waals surface area contributed by atoms with Gasteiger partial charge < -0.3 is 10.6 Å². The number of aryl methyl sites for hydroxylation is 1. The fourth-order valence-electron chi connectivity index (χ4n) is 2.07. The first-order chi connectivity index (χ1) is 11.3. The molecule has 0 aliphatic carbocycles. The van der Waals surface area contributed by atoms with E-state index in [9.17, 15) is 19.7 Å². The molecule has 0 saturated heterocycles. The summed E-state index contributed by atoms with van der Waals surface area (Å²) in [5.41, 5.74) is 1.38. The molecule has 0 fully saturated rings. The predicted octanol–water partition coefficient (Wildman–Crippen LogP) is 3.77. The molecule has 2 aromatic carbocycles. The zero-order valence-corrected chi connectivity index (χ0v) is 13.7. The zero-order valence-electron chi connectivity index (χ0n) is 12.9. The van der Waals surface area contributed by atoms with Crippen LogP contribution in [0.25, 0.3) is 0 Å². The molecular weight excluding hydrogens is 334 g/mol. The summed E-state index contributed by atoms with van der Waals surface area (Å²) in [6.07, 6.45) is 0. The summed E-state index contributed by atoms with van der Waals surface area (Å²) in [7, 11) is 0. The molecule has 8 heteroatoms. The Morgan fingerprint density at radius 2 is 1.88 bits per heavy atom. The van der Waals surface area contributed by atoms with Crippen LogP contribution in [0.3, 0.4) is 0 Å². The molecule has 0 spiro atoms. The Labute approximate surface area is 142 Å². The second kappa shape index (κ2) is 7.10. The molecule has 0 radical (unpaired) electrons. The molecule has 0 aromatic heterocycles. The van der Waals surface area contributed by atoms with Crippen LogP contribution in [-0.4, -0.2) is 16.7 Å². The summed E-state index contributed by atoms with van der Waals surface area (Å²) in [4.78, 5) is 33.8. The van der Waals surface area contributed by atoms with Crippen molar-refractivity contribution in [1.82, 2.24) is 0 Å². The van der Waals surface area contributed by atoms with Crippen LogP contribution in [0.1, 0.15) is 22.8 Å². The molecule has 7 nitrogen and oxygen atoms in total. The molecular formula is C16H14ClN3O4. The predicted molar refractivity (Wildman–Crippen MR) is 91.5 cm³/mol. The van der Waals surface area contributed by atoms with Gasteiger partial charge >= 0.3 is 0 Å². The summed E-state index contributed by atoms with van der Waals surface area (Å²) in [6.45, 7) is 3.04. The largest absolute Gasteiger partial charge is 0.326 e. The van der Waals surface area contributed by atoms with Gasteiger partial charge in [0.1, 0.15) is 5.02 Å². The van der Waals surface area contributed by atoms with Crippen molar-refractivity contribution in [3.63, 3.8) is 0 Å². The third kappa shape index (κ3) is 4.08. The van der Waals surface area contributed by atoms with Crippen LogP contribution in [0.2, 0.25) is 5.02 Å². The monoisotopic (exact) mass is 347 g/mol. The maximum Gasteiger partial charge on any atom is 0.289 e. The summed E-state index contributed by atoms with van der Waals surface area (Å²) in [6, 6.07) is 8.99. The van der Waals surface area contributed by atoms with Gasteiger partial charge in [0.25, 0.3) is 11.6 Å². The van der Waals surface area contributed by atoms with Crippen molar-refractivity contribution in [3.05, 3.63) is 62.7 Å². The molecule has 0 heterocycles. The van der Waals surface area contributed by atoms with E-state index in [0.717, 1.165) is 0 Å². The van der Waals surface area contributed by atoms with Crippen LogP contribution in [0.5, 0.6) is 0 Å². The number of hydrogen-bond donors (Lipinski definition) is 2.